The minimum absolute atomic E-state index is 0.0886. The van der Waals surface area contributed by atoms with E-state index in [1.54, 1.807) is 13.8 Å². The molecule has 0 saturated heterocycles. The van der Waals surface area contributed by atoms with E-state index in [0.717, 1.165) is 22.6 Å². The van der Waals surface area contributed by atoms with Crippen LogP contribution in [0, 0.1) is 39.0 Å². The summed E-state index contributed by atoms with van der Waals surface area (Å²) < 4.78 is 5.50. The molecule has 0 saturated carbocycles. The van der Waals surface area contributed by atoms with Crippen LogP contribution in [0.25, 0.3) is 0 Å². The van der Waals surface area contributed by atoms with Crippen LogP contribution in [0.1, 0.15) is 58.9 Å². The number of nitrogens with one attached hydrogen (secondary N) is 2. The molecule has 6 nitrogen and oxygen atoms in total. The van der Waals surface area contributed by atoms with Crippen molar-refractivity contribution >= 4 is 5.91 Å². The third-order valence-electron chi connectivity index (χ3n) is 4.45. The number of furan rings is 1. The average molecular weight is 341 g/mol. The first kappa shape index (κ1) is 18.5. The largest absolute Gasteiger partial charge is 0.466 e. The number of pyridine rings is 1. The van der Waals surface area contributed by atoms with Gasteiger partial charge in [0.2, 0.25) is 5.91 Å². The number of carbonyl (C=O) groups is 1. The summed E-state index contributed by atoms with van der Waals surface area (Å²) in [6.45, 7) is 9.19. The fraction of sp³-hybridized carbons (Fsp3) is 0.421. The summed E-state index contributed by atoms with van der Waals surface area (Å²) in [5.41, 5.74) is 2.88. The molecule has 2 aromatic rings. The molecule has 0 aliphatic heterocycles. The SMILES string of the molecule is Cc1cc([C@@H](C)NC(=O)CCc2c(C)[nH]c(=O)c(C#N)c2C)c(C)o1. The number of H-pyrrole nitrogens is 1. The van der Waals surface area contributed by atoms with Crippen molar-refractivity contribution in [2.45, 2.75) is 53.5 Å². The number of aromatic nitrogens is 1. The van der Waals surface area contributed by atoms with E-state index < -0.39 is 0 Å². The fourth-order valence-corrected chi connectivity index (χ4v) is 3.13. The number of carbonyl (C=O) groups excluding carboxylic acids is 1. The summed E-state index contributed by atoms with van der Waals surface area (Å²) in [5, 5.41) is 12.1. The van der Waals surface area contributed by atoms with Gasteiger partial charge in [-0.2, -0.15) is 5.26 Å². The second kappa shape index (κ2) is 7.39. The number of amides is 1. The maximum atomic E-state index is 12.3. The van der Waals surface area contributed by atoms with Gasteiger partial charge in [0.15, 0.2) is 0 Å². The molecule has 0 aliphatic rings. The van der Waals surface area contributed by atoms with Crippen molar-refractivity contribution in [3.05, 3.63) is 55.9 Å². The summed E-state index contributed by atoms with van der Waals surface area (Å²) >= 11 is 0. The van der Waals surface area contributed by atoms with Crippen LogP contribution in [0.4, 0.5) is 0 Å². The van der Waals surface area contributed by atoms with Crippen molar-refractivity contribution in [1.29, 1.82) is 5.26 Å². The highest BCUT2D eigenvalue weighted by molar-refractivity contribution is 5.76. The van der Waals surface area contributed by atoms with Crippen LogP contribution in [0.3, 0.4) is 0 Å². The number of nitrogens with zero attached hydrogens (tertiary/aromatic N) is 1. The Morgan fingerprint density at radius 2 is 2.04 bits per heavy atom. The second-order valence-electron chi connectivity index (χ2n) is 6.33. The number of hydrogen-bond acceptors (Lipinski definition) is 4. The first-order valence-electron chi connectivity index (χ1n) is 8.23. The normalized spacial score (nSPS) is 11.8. The number of nitriles is 1. The Kier molecular flexibility index (Phi) is 5.48. The molecule has 2 rings (SSSR count). The summed E-state index contributed by atoms with van der Waals surface area (Å²) in [5.74, 6) is 1.53. The lowest BCUT2D eigenvalue weighted by atomic mass is 9.99. The van der Waals surface area contributed by atoms with Crippen molar-refractivity contribution in [1.82, 2.24) is 10.3 Å². The number of aromatic amines is 1. The Balaban J connectivity index is 2.07. The van der Waals surface area contributed by atoms with Gasteiger partial charge in [0.25, 0.3) is 5.56 Å². The third-order valence-corrected chi connectivity index (χ3v) is 4.45. The lowest BCUT2D eigenvalue weighted by Crippen LogP contribution is -2.27. The van der Waals surface area contributed by atoms with Crippen LogP contribution in [-0.4, -0.2) is 10.9 Å². The molecular formula is C19H23N3O3. The van der Waals surface area contributed by atoms with Gasteiger partial charge < -0.3 is 14.7 Å². The molecule has 132 valence electrons. The summed E-state index contributed by atoms with van der Waals surface area (Å²) in [4.78, 5) is 26.7. The maximum Gasteiger partial charge on any atom is 0.266 e. The molecular weight excluding hydrogens is 318 g/mol. The topological polar surface area (TPSA) is 98.9 Å². The van der Waals surface area contributed by atoms with Crippen LogP contribution in [-0.2, 0) is 11.2 Å². The number of rotatable bonds is 5. The fourth-order valence-electron chi connectivity index (χ4n) is 3.13. The summed E-state index contributed by atoms with van der Waals surface area (Å²) in [6.07, 6.45) is 0.740. The molecule has 0 aromatic carbocycles. The van der Waals surface area contributed by atoms with E-state index in [4.69, 9.17) is 9.68 Å². The van der Waals surface area contributed by atoms with Crippen LogP contribution in [0.5, 0.6) is 0 Å². The zero-order valence-electron chi connectivity index (χ0n) is 15.2. The molecule has 1 amide bonds. The van der Waals surface area contributed by atoms with Crippen molar-refractivity contribution in [2.24, 2.45) is 0 Å². The Morgan fingerprint density at radius 1 is 1.36 bits per heavy atom. The predicted molar refractivity (Wildman–Crippen MR) is 94.3 cm³/mol. The van der Waals surface area contributed by atoms with Gasteiger partial charge in [-0.25, -0.2) is 0 Å². The third kappa shape index (κ3) is 4.00. The lowest BCUT2D eigenvalue weighted by molar-refractivity contribution is -0.121. The van der Waals surface area contributed by atoms with Gasteiger partial charge in [-0.15, -0.1) is 0 Å². The Hall–Kier alpha value is -2.81. The van der Waals surface area contributed by atoms with Crippen molar-refractivity contribution in [3.63, 3.8) is 0 Å². The molecule has 2 heterocycles. The molecule has 2 N–H and O–H groups in total. The molecule has 2 aromatic heterocycles. The minimum Gasteiger partial charge on any atom is -0.466 e. The molecule has 0 unspecified atom stereocenters. The lowest BCUT2D eigenvalue weighted by Gasteiger charge is -2.14. The van der Waals surface area contributed by atoms with E-state index in [1.807, 2.05) is 32.9 Å². The first-order valence-corrected chi connectivity index (χ1v) is 8.23. The zero-order chi connectivity index (χ0) is 18.7. The van der Waals surface area contributed by atoms with E-state index in [-0.39, 0.29) is 29.5 Å². The molecule has 0 spiro atoms. The molecule has 0 fully saturated rings. The molecule has 0 aliphatic carbocycles. The van der Waals surface area contributed by atoms with Gasteiger partial charge in [0, 0.05) is 17.7 Å². The zero-order valence-corrected chi connectivity index (χ0v) is 15.2. The highest BCUT2D eigenvalue weighted by Crippen LogP contribution is 2.21. The standard InChI is InChI=1S/C19H23N3O3/c1-10-8-16(14(5)25-10)13(4)21-18(23)7-6-15-11(2)17(9-20)19(24)22-12(15)3/h8,13H,6-7H2,1-5H3,(H,21,23)(H,22,24)/t13-/m1/s1. The maximum absolute atomic E-state index is 12.3. The van der Waals surface area contributed by atoms with Gasteiger partial charge in [-0.05, 0) is 58.2 Å². The Labute approximate surface area is 146 Å². The van der Waals surface area contributed by atoms with E-state index in [0.29, 0.717) is 17.7 Å². The predicted octanol–water partition coefficient (Wildman–Crippen LogP) is 2.88. The first-order chi connectivity index (χ1) is 11.7. The number of aryl methyl sites for hydroxylation is 3. The summed E-state index contributed by atoms with van der Waals surface area (Å²) in [6, 6.07) is 3.71. The quantitative estimate of drug-likeness (QED) is 0.873. The van der Waals surface area contributed by atoms with Gasteiger partial charge in [-0.3, -0.25) is 9.59 Å². The van der Waals surface area contributed by atoms with Crippen molar-refractivity contribution in [3.8, 4) is 6.07 Å². The van der Waals surface area contributed by atoms with Crippen molar-refractivity contribution in [2.75, 3.05) is 0 Å². The molecule has 1 atom stereocenters. The van der Waals surface area contributed by atoms with E-state index in [9.17, 15) is 9.59 Å². The van der Waals surface area contributed by atoms with Crippen LogP contribution in [0.2, 0.25) is 0 Å². The smallest absolute Gasteiger partial charge is 0.266 e. The van der Waals surface area contributed by atoms with E-state index >= 15 is 0 Å². The molecule has 25 heavy (non-hydrogen) atoms. The van der Waals surface area contributed by atoms with Crippen LogP contribution < -0.4 is 10.9 Å². The Morgan fingerprint density at radius 3 is 2.60 bits per heavy atom. The van der Waals surface area contributed by atoms with E-state index in [2.05, 4.69) is 10.3 Å². The average Bonchev–Trinajstić information content (AvgIpc) is 2.85. The highest BCUT2D eigenvalue weighted by Gasteiger charge is 2.17. The highest BCUT2D eigenvalue weighted by atomic mass is 16.3. The van der Waals surface area contributed by atoms with Gasteiger partial charge in [0.1, 0.15) is 23.2 Å². The second-order valence-corrected chi connectivity index (χ2v) is 6.33. The Bertz CT molecular complexity index is 900. The molecule has 0 bridgehead atoms. The van der Waals surface area contributed by atoms with Gasteiger partial charge in [-0.1, -0.05) is 0 Å². The minimum atomic E-state index is -0.384. The molecule has 6 heteroatoms. The van der Waals surface area contributed by atoms with Crippen LogP contribution in [0.15, 0.2) is 15.3 Å². The van der Waals surface area contributed by atoms with E-state index in [1.165, 1.54) is 0 Å². The number of hydrogen-bond donors (Lipinski definition) is 2. The van der Waals surface area contributed by atoms with Crippen molar-refractivity contribution < 1.29 is 9.21 Å². The monoisotopic (exact) mass is 341 g/mol. The van der Waals surface area contributed by atoms with Gasteiger partial charge in [0.05, 0.1) is 6.04 Å². The summed E-state index contributed by atoms with van der Waals surface area (Å²) in [7, 11) is 0. The van der Waals surface area contributed by atoms with Crippen LogP contribution >= 0.6 is 0 Å². The van der Waals surface area contributed by atoms with Gasteiger partial charge >= 0.3 is 0 Å². The molecule has 0 radical (unpaired) electrons.